The van der Waals surface area contributed by atoms with E-state index in [1.54, 1.807) is 22.5 Å². The summed E-state index contributed by atoms with van der Waals surface area (Å²) in [6.45, 7) is 5.98. The lowest BCUT2D eigenvalue weighted by molar-refractivity contribution is -0.274. The predicted molar refractivity (Wildman–Crippen MR) is 149 cm³/mol. The first-order valence-corrected chi connectivity index (χ1v) is 14.4. The summed E-state index contributed by atoms with van der Waals surface area (Å²) in [5.41, 5.74) is 4.78. The second-order valence-corrected chi connectivity index (χ2v) is 12.5. The summed E-state index contributed by atoms with van der Waals surface area (Å²) in [6, 6.07) is 16.4. The van der Waals surface area contributed by atoms with Crippen LogP contribution in [-0.4, -0.2) is 37.4 Å². The van der Waals surface area contributed by atoms with Crippen molar-refractivity contribution in [1.29, 1.82) is 5.26 Å². The van der Waals surface area contributed by atoms with Gasteiger partial charge in [0.25, 0.3) is 0 Å². The van der Waals surface area contributed by atoms with Gasteiger partial charge in [-0.3, -0.25) is 13.9 Å². The van der Waals surface area contributed by atoms with Gasteiger partial charge in [0.2, 0.25) is 0 Å². The zero-order chi connectivity index (χ0) is 30.1. The maximum Gasteiger partial charge on any atom is 0.573 e. The van der Waals surface area contributed by atoms with Crippen molar-refractivity contribution in [2.45, 2.75) is 57.3 Å². The second kappa shape index (κ2) is 11.7. The van der Waals surface area contributed by atoms with Crippen LogP contribution in [-0.2, 0) is 17.8 Å². The van der Waals surface area contributed by atoms with Crippen LogP contribution in [0.3, 0.4) is 0 Å². The predicted octanol–water partition coefficient (Wildman–Crippen LogP) is 7.40. The quantitative estimate of drug-likeness (QED) is 0.264. The number of nitrogens with zero attached hydrogens (tertiary/aromatic N) is 2. The molecule has 11 heteroatoms. The molecule has 1 aliphatic rings. The first-order chi connectivity index (χ1) is 19.2. The third-order valence-electron chi connectivity index (χ3n) is 7.28. The number of hydrogen-bond acceptors (Lipinski definition) is 6. The molecule has 0 spiro atoms. The molecule has 218 valence electrons. The van der Waals surface area contributed by atoms with E-state index in [1.165, 1.54) is 12.1 Å². The monoisotopic (exact) mass is 588 g/mol. The van der Waals surface area contributed by atoms with Crippen molar-refractivity contribution in [3.05, 3.63) is 93.5 Å². The molecule has 1 aliphatic heterocycles. The van der Waals surface area contributed by atoms with E-state index in [-0.39, 0.29) is 30.3 Å². The Balaban J connectivity index is 1.70. The minimum absolute atomic E-state index is 0.117. The number of aliphatic carboxylic acids is 1. The molecule has 0 aliphatic carbocycles. The Morgan fingerprint density at radius 1 is 1.12 bits per heavy atom. The molecule has 2 atom stereocenters. The van der Waals surface area contributed by atoms with Gasteiger partial charge in [-0.2, -0.15) is 9.57 Å². The minimum atomic E-state index is -4.86. The number of carboxylic acid groups (broad SMARTS) is 1. The van der Waals surface area contributed by atoms with Crippen molar-refractivity contribution in [1.82, 2.24) is 4.31 Å². The third kappa shape index (κ3) is 7.02. The number of carbonyl (C=O) groups is 1. The standard InChI is InChI=1S/C30H31F3N2O5S/c1-18-10-23-13-25(40-30(31,32)33)7-9-28(23)41(38,39)35(16-18)17-24-12-22(6-4-19(24)2)27(14-29(36)37)26-8-5-21(15-34)11-20(26)3/h4-9,11-13,18,27,38-39H,10,14,16-17H2,1-3H3,(H,36,37). The number of hydrogen-bond donors (Lipinski definition) is 3. The maximum atomic E-state index is 12.8. The highest BCUT2D eigenvalue weighted by Crippen LogP contribution is 2.56. The van der Waals surface area contributed by atoms with Crippen LogP contribution in [0.2, 0.25) is 0 Å². The summed E-state index contributed by atoms with van der Waals surface area (Å²) in [6.07, 6.45) is -4.72. The summed E-state index contributed by atoms with van der Waals surface area (Å²) in [5, 5.41) is 18.9. The fourth-order valence-corrected chi connectivity index (χ4v) is 7.16. The van der Waals surface area contributed by atoms with Crippen molar-refractivity contribution in [2.24, 2.45) is 5.92 Å². The summed E-state index contributed by atoms with van der Waals surface area (Å²) in [4.78, 5) is 12.0. The zero-order valence-corrected chi connectivity index (χ0v) is 23.6. The molecule has 0 aromatic heterocycles. The summed E-state index contributed by atoms with van der Waals surface area (Å²) in [7, 11) is -3.57. The number of nitriles is 1. The van der Waals surface area contributed by atoms with Gasteiger partial charge < -0.3 is 9.84 Å². The molecule has 0 amide bonds. The number of benzene rings is 3. The minimum Gasteiger partial charge on any atom is -0.481 e. The van der Waals surface area contributed by atoms with Crippen molar-refractivity contribution < 1.29 is 36.9 Å². The second-order valence-electron chi connectivity index (χ2n) is 10.5. The molecule has 3 aromatic rings. The van der Waals surface area contributed by atoms with Gasteiger partial charge in [0.1, 0.15) is 5.75 Å². The molecule has 3 N–H and O–H groups in total. The van der Waals surface area contributed by atoms with Crippen molar-refractivity contribution in [2.75, 3.05) is 6.54 Å². The third-order valence-corrected chi connectivity index (χ3v) is 9.27. The van der Waals surface area contributed by atoms with Gasteiger partial charge >= 0.3 is 12.3 Å². The summed E-state index contributed by atoms with van der Waals surface area (Å²) < 4.78 is 66.8. The molecule has 2 unspecified atom stereocenters. The Kier molecular flexibility index (Phi) is 8.70. The van der Waals surface area contributed by atoms with E-state index in [0.29, 0.717) is 17.5 Å². The van der Waals surface area contributed by atoms with Crippen LogP contribution in [0, 0.1) is 31.1 Å². The van der Waals surface area contributed by atoms with Crippen LogP contribution >= 0.6 is 10.8 Å². The fraction of sp³-hybridized carbons (Fsp3) is 0.333. The van der Waals surface area contributed by atoms with E-state index in [2.05, 4.69) is 10.8 Å². The van der Waals surface area contributed by atoms with E-state index in [4.69, 9.17) is 0 Å². The number of carboxylic acids is 1. The SMILES string of the molecule is Cc1ccc(C(CC(=O)O)c2ccc(C#N)cc2C)cc1CN1CC(C)Cc2cc(OC(F)(F)F)ccc2S1(O)O. The van der Waals surface area contributed by atoms with Gasteiger partial charge in [-0.1, -0.05) is 31.2 Å². The molecule has 4 rings (SSSR count). The van der Waals surface area contributed by atoms with E-state index in [9.17, 15) is 37.4 Å². The Labute approximate surface area is 238 Å². The molecule has 0 radical (unpaired) electrons. The molecule has 3 aromatic carbocycles. The number of halogens is 3. The highest BCUT2D eigenvalue weighted by Gasteiger charge is 2.35. The van der Waals surface area contributed by atoms with E-state index < -0.39 is 34.8 Å². The van der Waals surface area contributed by atoms with Crippen LogP contribution in [0.5, 0.6) is 5.75 Å². The number of aryl methyl sites for hydroxylation is 2. The van der Waals surface area contributed by atoms with Crippen molar-refractivity contribution in [3.8, 4) is 11.8 Å². The average molecular weight is 589 g/mol. The van der Waals surface area contributed by atoms with Crippen LogP contribution in [0.15, 0.2) is 59.5 Å². The van der Waals surface area contributed by atoms with Gasteiger partial charge in [-0.15, -0.1) is 23.9 Å². The molecule has 0 fully saturated rings. The molecule has 41 heavy (non-hydrogen) atoms. The zero-order valence-electron chi connectivity index (χ0n) is 22.8. The van der Waals surface area contributed by atoms with Crippen molar-refractivity contribution >= 4 is 16.7 Å². The van der Waals surface area contributed by atoms with Gasteiger partial charge in [0, 0.05) is 19.0 Å². The number of alkyl halides is 3. The molecular weight excluding hydrogens is 557 g/mol. The van der Waals surface area contributed by atoms with E-state index in [1.807, 2.05) is 39.0 Å². The average Bonchev–Trinajstić information content (AvgIpc) is 2.95. The Morgan fingerprint density at radius 3 is 2.49 bits per heavy atom. The highest BCUT2D eigenvalue weighted by molar-refractivity contribution is 8.22. The Bertz CT molecular complexity index is 1500. The van der Waals surface area contributed by atoms with Crippen molar-refractivity contribution in [3.63, 3.8) is 0 Å². The molecule has 1 heterocycles. The lowest BCUT2D eigenvalue weighted by Gasteiger charge is -2.43. The Morgan fingerprint density at radius 2 is 1.85 bits per heavy atom. The lowest BCUT2D eigenvalue weighted by atomic mass is 9.84. The molecule has 0 saturated heterocycles. The lowest BCUT2D eigenvalue weighted by Crippen LogP contribution is -2.30. The van der Waals surface area contributed by atoms with Gasteiger partial charge in [-0.25, -0.2) is 0 Å². The maximum absolute atomic E-state index is 12.8. The van der Waals surface area contributed by atoms with Crippen LogP contribution in [0.1, 0.15) is 58.2 Å². The summed E-state index contributed by atoms with van der Waals surface area (Å²) >= 11 is 0. The van der Waals surface area contributed by atoms with Crippen LogP contribution in [0.25, 0.3) is 0 Å². The highest BCUT2D eigenvalue weighted by atomic mass is 32.3. The molecule has 0 bridgehead atoms. The number of fused-ring (bicyclic) bond motifs is 1. The largest absolute Gasteiger partial charge is 0.573 e. The van der Waals surface area contributed by atoms with Gasteiger partial charge in [-0.05, 0) is 89.9 Å². The summed E-state index contributed by atoms with van der Waals surface area (Å²) in [5.74, 6) is -2.02. The first kappa shape index (κ1) is 30.4. The number of ether oxygens (including phenoxy) is 1. The normalized spacial score (nSPS) is 18.5. The fourth-order valence-electron chi connectivity index (χ4n) is 5.35. The van der Waals surface area contributed by atoms with E-state index in [0.717, 1.165) is 33.9 Å². The Hall–Kier alpha value is -3.56. The van der Waals surface area contributed by atoms with Crippen LogP contribution in [0.4, 0.5) is 13.2 Å². The van der Waals surface area contributed by atoms with E-state index >= 15 is 0 Å². The molecule has 0 saturated carbocycles. The molecular formula is C30H31F3N2O5S. The smallest absolute Gasteiger partial charge is 0.481 e. The molecule has 7 nitrogen and oxygen atoms in total. The topological polar surface area (TPSA) is 114 Å². The van der Waals surface area contributed by atoms with Crippen LogP contribution < -0.4 is 4.74 Å². The van der Waals surface area contributed by atoms with Gasteiger partial charge in [0.15, 0.2) is 0 Å². The first-order valence-electron chi connectivity index (χ1n) is 12.9. The van der Waals surface area contributed by atoms with Gasteiger partial charge in [0.05, 0.1) is 22.9 Å². The number of rotatable bonds is 7.